The molecule has 0 radical (unpaired) electrons. The van der Waals surface area contributed by atoms with Crippen LogP contribution in [0.1, 0.15) is 5.56 Å². The molecule has 0 spiro atoms. The summed E-state index contributed by atoms with van der Waals surface area (Å²) in [4.78, 5) is 0. The summed E-state index contributed by atoms with van der Waals surface area (Å²) in [7, 11) is 4.73. The van der Waals surface area contributed by atoms with Crippen LogP contribution >= 0.6 is 0 Å². The molecule has 0 amide bonds. The minimum absolute atomic E-state index is 0.219. The molecular weight excluding hydrogens is 256 g/mol. The second kappa shape index (κ2) is 5.74. The molecule has 0 fully saturated rings. The van der Waals surface area contributed by atoms with Crippen molar-refractivity contribution >= 4 is 0 Å². The molecule has 0 aliphatic heterocycles. The molecule has 2 rings (SSSR count). The maximum atomic E-state index is 9.75. The minimum atomic E-state index is 0.219. The van der Waals surface area contributed by atoms with Crippen molar-refractivity contribution in [2.24, 2.45) is 0 Å². The third kappa shape index (κ3) is 2.50. The average Bonchev–Trinajstić information content (AvgIpc) is 2.44. The summed E-state index contributed by atoms with van der Waals surface area (Å²) in [5.41, 5.74) is 2.67. The lowest BCUT2D eigenvalue weighted by molar-refractivity contribution is 0.325. The predicted molar refractivity (Wildman–Crippen MR) is 77.9 cm³/mol. The topological polar surface area (TPSA) is 47.9 Å². The van der Waals surface area contributed by atoms with Gasteiger partial charge in [0, 0.05) is 5.56 Å². The van der Waals surface area contributed by atoms with E-state index in [1.165, 1.54) is 0 Å². The van der Waals surface area contributed by atoms with E-state index in [0.717, 1.165) is 16.7 Å². The summed E-state index contributed by atoms with van der Waals surface area (Å²) in [6, 6.07) is 9.07. The van der Waals surface area contributed by atoms with Crippen LogP contribution in [0.3, 0.4) is 0 Å². The quantitative estimate of drug-likeness (QED) is 0.928. The maximum absolute atomic E-state index is 9.75. The number of methoxy groups -OCH3 is 3. The molecule has 0 aliphatic rings. The van der Waals surface area contributed by atoms with E-state index < -0.39 is 0 Å². The number of phenolic OH excluding ortho intramolecular Hbond substituents is 1. The highest BCUT2D eigenvalue weighted by molar-refractivity contribution is 5.77. The summed E-state index contributed by atoms with van der Waals surface area (Å²) in [5.74, 6) is 1.94. The molecule has 0 aromatic heterocycles. The second-order valence-electron chi connectivity index (χ2n) is 4.44. The summed E-state index contributed by atoms with van der Waals surface area (Å²) >= 11 is 0. The van der Waals surface area contributed by atoms with E-state index in [2.05, 4.69) is 0 Å². The van der Waals surface area contributed by atoms with Gasteiger partial charge in [0.15, 0.2) is 11.5 Å². The SMILES string of the molecule is COc1ccc(-c2cc(C)cc(O)c2)c(OC)c1OC. The molecular formula is C16H18O4. The van der Waals surface area contributed by atoms with Gasteiger partial charge in [-0.3, -0.25) is 0 Å². The molecule has 20 heavy (non-hydrogen) atoms. The van der Waals surface area contributed by atoms with E-state index in [1.807, 2.05) is 25.1 Å². The molecule has 4 heteroatoms. The first-order valence-electron chi connectivity index (χ1n) is 6.20. The average molecular weight is 274 g/mol. The van der Waals surface area contributed by atoms with Crippen molar-refractivity contribution in [3.8, 4) is 34.1 Å². The number of benzene rings is 2. The Balaban J connectivity index is 2.67. The Morgan fingerprint density at radius 3 is 2.10 bits per heavy atom. The Labute approximate surface area is 118 Å². The van der Waals surface area contributed by atoms with Gasteiger partial charge in [0.05, 0.1) is 21.3 Å². The Morgan fingerprint density at radius 2 is 1.55 bits per heavy atom. The van der Waals surface area contributed by atoms with Crippen LogP contribution in [0.5, 0.6) is 23.0 Å². The molecule has 106 valence electrons. The predicted octanol–water partition coefficient (Wildman–Crippen LogP) is 3.39. The van der Waals surface area contributed by atoms with Crippen molar-refractivity contribution in [1.29, 1.82) is 0 Å². The highest BCUT2D eigenvalue weighted by atomic mass is 16.5. The van der Waals surface area contributed by atoms with Crippen LogP contribution < -0.4 is 14.2 Å². The Hall–Kier alpha value is -2.36. The standard InChI is InChI=1S/C16H18O4/c1-10-7-11(9-12(17)8-10)13-5-6-14(18-2)16(20-4)15(13)19-3/h5-9,17H,1-4H3. The largest absolute Gasteiger partial charge is 0.508 e. The number of hydrogen-bond acceptors (Lipinski definition) is 4. The van der Waals surface area contributed by atoms with Crippen molar-refractivity contribution in [2.45, 2.75) is 6.92 Å². The van der Waals surface area contributed by atoms with Gasteiger partial charge >= 0.3 is 0 Å². The van der Waals surface area contributed by atoms with E-state index >= 15 is 0 Å². The monoisotopic (exact) mass is 274 g/mol. The zero-order valence-electron chi connectivity index (χ0n) is 12.1. The number of aryl methyl sites for hydroxylation is 1. The highest BCUT2D eigenvalue weighted by Crippen LogP contribution is 2.44. The molecule has 1 N–H and O–H groups in total. The van der Waals surface area contributed by atoms with Gasteiger partial charge in [-0.05, 0) is 42.3 Å². The zero-order valence-corrected chi connectivity index (χ0v) is 12.1. The Bertz CT molecular complexity index is 600. The van der Waals surface area contributed by atoms with Crippen LogP contribution in [0.2, 0.25) is 0 Å². The van der Waals surface area contributed by atoms with Crippen LogP contribution in [-0.2, 0) is 0 Å². The number of aromatic hydroxyl groups is 1. The van der Waals surface area contributed by atoms with Crippen LogP contribution in [0, 0.1) is 6.92 Å². The molecule has 0 unspecified atom stereocenters. The lowest BCUT2D eigenvalue weighted by atomic mass is 10.0. The van der Waals surface area contributed by atoms with Crippen molar-refractivity contribution < 1.29 is 19.3 Å². The highest BCUT2D eigenvalue weighted by Gasteiger charge is 2.17. The van der Waals surface area contributed by atoms with Crippen LogP contribution in [0.4, 0.5) is 0 Å². The molecule has 0 atom stereocenters. The smallest absolute Gasteiger partial charge is 0.203 e. The second-order valence-corrected chi connectivity index (χ2v) is 4.44. The summed E-state index contributed by atoms with van der Waals surface area (Å²) in [6.45, 7) is 1.93. The zero-order chi connectivity index (χ0) is 14.7. The molecule has 0 aliphatic carbocycles. The fourth-order valence-corrected chi connectivity index (χ4v) is 2.25. The van der Waals surface area contributed by atoms with Gasteiger partial charge in [0.25, 0.3) is 0 Å². The first kappa shape index (κ1) is 14.1. The molecule has 0 heterocycles. The fourth-order valence-electron chi connectivity index (χ4n) is 2.25. The molecule has 2 aromatic rings. The van der Waals surface area contributed by atoms with E-state index in [4.69, 9.17) is 14.2 Å². The van der Waals surface area contributed by atoms with Crippen LogP contribution in [-0.4, -0.2) is 26.4 Å². The molecule has 0 bridgehead atoms. The lowest BCUT2D eigenvalue weighted by Gasteiger charge is -2.16. The number of phenols is 1. The fraction of sp³-hybridized carbons (Fsp3) is 0.250. The number of ether oxygens (including phenoxy) is 3. The Kier molecular flexibility index (Phi) is 4.03. The van der Waals surface area contributed by atoms with E-state index in [9.17, 15) is 5.11 Å². The van der Waals surface area contributed by atoms with Crippen LogP contribution in [0.15, 0.2) is 30.3 Å². The van der Waals surface area contributed by atoms with Crippen molar-refractivity contribution in [1.82, 2.24) is 0 Å². The Morgan fingerprint density at radius 1 is 0.850 bits per heavy atom. The third-order valence-electron chi connectivity index (χ3n) is 3.08. The minimum Gasteiger partial charge on any atom is -0.508 e. The number of hydrogen-bond donors (Lipinski definition) is 1. The van der Waals surface area contributed by atoms with Crippen molar-refractivity contribution in [3.63, 3.8) is 0 Å². The molecule has 0 saturated carbocycles. The third-order valence-corrected chi connectivity index (χ3v) is 3.08. The normalized spacial score (nSPS) is 10.2. The van der Waals surface area contributed by atoms with Crippen molar-refractivity contribution in [3.05, 3.63) is 35.9 Å². The van der Waals surface area contributed by atoms with Gasteiger partial charge in [0.2, 0.25) is 5.75 Å². The van der Waals surface area contributed by atoms with Gasteiger partial charge in [-0.25, -0.2) is 0 Å². The van der Waals surface area contributed by atoms with E-state index in [1.54, 1.807) is 33.5 Å². The number of rotatable bonds is 4. The van der Waals surface area contributed by atoms with Gasteiger partial charge in [-0.1, -0.05) is 6.07 Å². The van der Waals surface area contributed by atoms with Gasteiger partial charge in [-0.15, -0.1) is 0 Å². The van der Waals surface area contributed by atoms with Crippen LogP contribution in [0.25, 0.3) is 11.1 Å². The summed E-state index contributed by atoms with van der Waals surface area (Å²) < 4.78 is 16.1. The maximum Gasteiger partial charge on any atom is 0.203 e. The summed E-state index contributed by atoms with van der Waals surface area (Å²) in [5, 5.41) is 9.75. The first-order chi connectivity index (χ1) is 9.60. The van der Waals surface area contributed by atoms with Crippen molar-refractivity contribution in [2.75, 3.05) is 21.3 Å². The first-order valence-corrected chi connectivity index (χ1v) is 6.20. The van der Waals surface area contributed by atoms with Gasteiger partial charge in [0.1, 0.15) is 5.75 Å². The van der Waals surface area contributed by atoms with Gasteiger partial charge < -0.3 is 19.3 Å². The van der Waals surface area contributed by atoms with E-state index in [0.29, 0.717) is 17.2 Å². The molecule has 4 nitrogen and oxygen atoms in total. The van der Waals surface area contributed by atoms with Gasteiger partial charge in [-0.2, -0.15) is 0 Å². The molecule has 2 aromatic carbocycles. The van der Waals surface area contributed by atoms with E-state index in [-0.39, 0.29) is 5.75 Å². The summed E-state index contributed by atoms with van der Waals surface area (Å²) in [6.07, 6.45) is 0. The molecule has 0 saturated heterocycles. The lowest BCUT2D eigenvalue weighted by Crippen LogP contribution is -1.97.